The van der Waals surface area contributed by atoms with Crippen molar-refractivity contribution in [2.45, 2.75) is 45.6 Å². The molecule has 1 fully saturated rings. The molecule has 2 heteroatoms. The third kappa shape index (κ3) is 4.67. The molecule has 1 N–H and O–H groups in total. The predicted molar refractivity (Wildman–Crippen MR) is 71.7 cm³/mol. The molecular formula is C14H28N2. The van der Waals surface area contributed by atoms with E-state index >= 15 is 0 Å². The van der Waals surface area contributed by atoms with Crippen molar-refractivity contribution in [2.24, 2.45) is 5.92 Å². The molecule has 0 radical (unpaired) electrons. The molecule has 0 unspecified atom stereocenters. The predicted octanol–water partition coefficient (Wildman–Crippen LogP) is 2.66. The fraction of sp³-hybridized carbons (Fsp3) is 0.857. The SMILES string of the molecule is C=C(CCNC)CC1CCN(C(C)C)CC1. The molecule has 0 saturated carbocycles. The van der Waals surface area contributed by atoms with Gasteiger partial charge in [0.25, 0.3) is 0 Å². The number of nitrogens with zero attached hydrogens (tertiary/aromatic N) is 1. The molecule has 0 amide bonds. The fourth-order valence-corrected chi connectivity index (χ4v) is 2.49. The minimum absolute atomic E-state index is 0.716. The molecule has 0 atom stereocenters. The quantitative estimate of drug-likeness (QED) is 0.698. The Morgan fingerprint density at radius 2 is 2.00 bits per heavy atom. The van der Waals surface area contributed by atoms with Crippen LogP contribution in [0.4, 0.5) is 0 Å². The van der Waals surface area contributed by atoms with E-state index in [0.29, 0.717) is 6.04 Å². The van der Waals surface area contributed by atoms with E-state index in [1.807, 2.05) is 7.05 Å². The van der Waals surface area contributed by atoms with E-state index in [0.717, 1.165) is 18.9 Å². The molecule has 1 heterocycles. The average molecular weight is 224 g/mol. The minimum Gasteiger partial charge on any atom is -0.319 e. The smallest absolute Gasteiger partial charge is 0.00385 e. The Kier molecular flexibility index (Phi) is 6.07. The van der Waals surface area contributed by atoms with E-state index < -0.39 is 0 Å². The van der Waals surface area contributed by atoms with Gasteiger partial charge in [-0.05, 0) is 72.1 Å². The molecule has 1 aliphatic heterocycles. The van der Waals surface area contributed by atoms with Gasteiger partial charge in [0.15, 0.2) is 0 Å². The highest BCUT2D eigenvalue weighted by Gasteiger charge is 2.20. The number of hydrogen-bond acceptors (Lipinski definition) is 2. The van der Waals surface area contributed by atoms with Crippen LogP contribution >= 0.6 is 0 Å². The van der Waals surface area contributed by atoms with Crippen molar-refractivity contribution in [2.75, 3.05) is 26.7 Å². The van der Waals surface area contributed by atoms with Gasteiger partial charge in [-0.1, -0.05) is 12.2 Å². The van der Waals surface area contributed by atoms with Crippen LogP contribution in [0, 0.1) is 5.92 Å². The number of nitrogens with one attached hydrogen (secondary N) is 1. The summed E-state index contributed by atoms with van der Waals surface area (Å²) in [6.45, 7) is 12.4. The van der Waals surface area contributed by atoms with Crippen molar-refractivity contribution in [1.82, 2.24) is 10.2 Å². The zero-order chi connectivity index (χ0) is 12.0. The lowest BCUT2D eigenvalue weighted by Gasteiger charge is -2.34. The van der Waals surface area contributed by atoms with Crippen LogP contribution < -0.4 is 5.32 Å². The summed E-state index contributed by atoms with van der Waals surface area (Å²) < 4.78 is 0. The van der Waals surface area contributed by atoms with E-state index in [-0.39, 0.29) is 0 Å². The Bertz CT molecular complexity index is 203. The average Bonchev–Trinajstić information content (AvgIpc) is 2.27. The molecule has 0 aliphatic carbocycles. The topological polar surface area (TPSA) is 15.3 Å². The van der Waals surface area contributed by atoms with E-state index in [1.54, 1.807) is 0 Å². The normalized spacial score (nSPS) is 19.2. The molecule has 1 saturated heterocycles. The maximum atomic E-state index is 4.19. The van der Waals surface area contributed by atoms with Gasteiger partial charge in [-0.2, -0.15) is 0 Å². The monoisotopic (exact) mass is 224 g/mol. The van der Waals surface area contributed by atoms with Gasteiger partial charge in [0.2, 0.25) is 0 Å². The second-order valence-electron chi connectivity index (χ2n) is 5.38. The van der Waals surface area contributed by atoms with Crippen molar-refractivity contribution in [3.05, 3.63) is 12.2 Å². The second-order valence-corrected chi connectivity index (χ2v) is 5.38. The first-order valence-electron chi connectivity index (χ1n) is 6.68. The van der Waals surface area contributed by atoms with Crippen molar-refractivity contribution >= 4 is 0 Å². The Morgan fingerprint density at radius 3 is 2.50 bits per heavy atom. The first kappa shape index (κ1) is 13.7. The van der Waals surface area contributed by atoms with E-state index in [4.69, 9.17) is 0 Å². The van der Waals surface area contributed by atoms with Gasteiger partial charge >= 0.3 is 0 Å². The van der Waals surface area contributed by atoms with Crippen LogP contribution in [0.25, 0.3) is 0 Å². The molecule has 1 aliphatic rings. The van der Waals surface area contributed by atoms with Crippen molar-refractivity contribution in [3.8, 4) is 0 Å². The first-order valence-corrected chi connectivity index (χ1v) is 6.68. The van der Waals surface area contributed by atoms with Crippen LogP contribution in [-0.4, -0.2) is 37.6 Å². The summed E-state index contributed by atoms with van der Waals surface area (Å²) in [4.78, 5) is 2.59. The van der Waals surface area contributed by atoms with Gasteiger partial charge in [0, 0.05) is 6.04 Å². The molecule has 0 spiro atoms. The molecule has 2 nitrogen and oxygen atoms in total. The highest BCUT2D eigenvalue weighted by molar-refractivity contribution is 4.97. The Hall–Kier alpha value is -0.340. The molecule has 0 bridgehead atoms. The highest BCUT2D eigenvalue weighted by atomic mass is 15.1. The van der Waals surface area contributed by atoms with Crippen molar-refractivity contribution in [3.63, 3.8) is 0 Å². The molecule has 94 valence electrons. The zero-order valence-electron chi connectivity index (χ0n) is 11.3. The van der Waals surface area contributed by atoms with Crippen molar-refractivity contribution in [1.29, 1.82) is 0 Å². The van der Waals surface area contributed by atoms with Crippen LogP contribution in [0.2, 0.25) is 0 Å². The number of likely N-dealkylation sites (tertiary alicyclic amines) is 1. The maximum Gasteiger partial charge on any atom is 0.00385 e. The van der Waals surface area contributed by atoms with E-state index in [9.17, 15) is 0 Å². The van der Waals surface area contributed by atoms with Crippen LogP contribution in [0.1, 0.15) is 39.5 Å². The maximum absolute atomic E-state index is 4.19. The van der Waals surface area contributed by atoms with Gasteiger partial charge in [0.05, 0.1) is 0 Å². The summed E-state index contributed by atoms with van der Waals surface area (Å²) in [7, 11) is 2.01. The number of rotatable bonds is 6. The lowest BCUT2D eigenvalue weighted by atomic mass is 9.89. The second kappa shape index (κ2) is 7.08. The molecule has 1 rings (SSSR count). The summed E-state index contributed by atoms with van der Waals surface area (Å²) in [5.41, 5.74) is 1.43. The Labute approximate surface area is 101 Å². The van der Waals surface area contributed by atoms with E-state index in [1.165, 1.54) is 37.9 Å². The number of piperidine rings is 1. The molecule has 0 aromatic heterocycles. The third-order valence-electron chi connectivity index (χ3n) is 3.69. The Balaban J connectivity index is 2.19. The summed E-state index contributed by atoms with van der Waals surface area (Å²) in [5, 5.41) is 3.19. The van der Waals surface area contributed by atoms with Crippen LogP contribution in [0.3, 0.4) is 0 Å². The summed E-state index contributed by atoms with van der Waals surface area (Å²) >= 11 is 0. The van der Waals surface area contributed by atoms with Gasteiger partial charge in [-0.15, -0.1) is 0 Å². The number of hydrogen-bond donors (Lipinski definition) is 1. The first-order chi connectivity index (χ1) is 7.63. The fourth-order valence-electron chi connectivity index (χ4n) is 2.49. The molecular weight excluding hydrogens is 196 g/mol. The molecule has 16 heavy (non-hydrogen) atoms. The summed E-state index contributed by atoms with van der Waals surface area (Å²) in [6.07, 6.45) is 5.10. The van der Waals surface area contributed by atoms with Gasteiger partial charge < -0.3 is 10.2 Å². The van der Waals surface area contributed by atoms with Gasteiger partial charge in [-0.25, -0.2) is 0 Å². The minimum atomic E-state index is 0.716. The highest BCUT2D eigenvalue weighted by Crippen LogP contribution is 2.25. The van der Waals surface area contributed by atoms with Gasteiger partial charge in [-0.3, -0.25) is 0 Å². The zero-order valence-corrected chi connectivity index (χ0v) is 11.3. The van der Waals surface area contributed by atoms with Crippen LogP contribution in [0.15, 0.2) is 12.2 Å². The standard InChI is InChI=1S/C14H28N2/c1-12(2)16-9-6-14(7-10-16)11-13(3)5-8-15-4/h12,14-15H,3,5-11H2,1-2,4H3. The van der Waals surface area contributed by atoms with E-state index in [2.05, 4.69) is 30.6 Å². The van der Waals surface area contributed by atoms with Crippen LogP contribution in [-0.2, 0) is 0 Å². The van der Waals surface area contributed by atoms with Gasteiger partial charge in [0.1, 0.15) is 0 Å². The molecule has 0 aromatic rings. The summed E-state index contributed by atoms with van der Waals surface area (Å²) in [6, 6.07) is 0.716. The lowest BCUT2D eigenvalue weighted by molar-refractivity contribution is 0.149. The summed E-state index contributed by atoms with van der Waals surface area (Å²) in [5.74, 6) is 0.888. The molecule has 0 aromatic carbocycles. The van der Waals surface area contributed by atoms with Crippen LogP contribution in [0.5, 0.6) is 0 Å². The Morgan fingerprint density at radius 1 is 1.38 bits per heavy atom. The lowest BCUT2D eigenvalue weighted by Crippen LogP contribution is -2.38. The third-order valence-corrected chi connectivity index (χ3v) is 3.69. The van der Waals surface area contributed by atoms with Crippen molar-refractivity contribution < 1.29 is 0 Å². The largest absolute Gasteiger partial charge is 0.319 e.